The molecule has 1 aliphatic carbocycles. The molecule has 0 atom stereocenters. The largest absolute Gasteiger partial charge is 1.00 e. The number of rotatable bonds is 7. The standard InChI is InChI=1S/C28H28BF4N2O5S.K/c1-18-20(15-26(40-41(33,37)38)19(2)27(18)29(30,31)32)16-34-11-13-35(14-12-34)28(36)39-17-25-23-9-5-3-7-21(23)22-8-4-6-10-24(22)25;/h3-10,15,25H,11-14,16-17H2,1-2H3;/q-1;+1. The minimum Gasteiger partial charge on any atom is -0.448 e. The molecule has 3 aromatic carbocycles. The number of nitrogens with zero attached hydrogens (tertiary/aromatic N) is 2. The summed E-state index contributed by atoms with van der Waals surface area (Å²) in [4.78, 5) is 16.3. The first-order chi connectivity index (χ1) is 19.3. The Morgan fingerprint density at radius 3 is 2.00 bits per heavy atom. The molecule has 1 saturated heterocycles. The van der Waals surface area contributed by atoms with Crippen molar-refractivity contribution in [3.8, 4) is 16.9 Å². The first-order valence-electron chi connectivity index (χ1n) is 13.1. The van der Waals surface area contributed by atoms with Crippen molar-refractivity contribution in [1.29, 1.82) is 0 Å². The van der Waals surface area contributed by atoms with Crippen molar-refractivity contribution < 1.29 is 90.3 Å². The molecule has 0 radical (unpaired) electrons. The van der Waals surface area contributed by atoms with Crippen LogP contribution in [0.25, 0.3) is 11.1 Å². The van der Waals surface area contributed by atoms with Gasteiger partial charge in [0.1, 0.15) is 12.4 Å². The predicted octanol–water partition coefficient (Wildman–Crippen LogP) is 2.02. The van der Waals surface area contributed by atoms with Crippen molar-refractivity contribution >= 4 is 29.0 Å². The fourth-order valence-corrected chi connectivity index (χ4v) is 6.21. The zero-order valence-electron chi connectivity index (χ0n) is 23.4. The molecule has 1 heterocycles. The molecule has 3 aromatic rings. The van der Waals surface area contributed by atoms with Crippen LogP contribution in [0.2, 0.25) is 0 Å². The Kier molecular flexibility index (Phi) is 10.2. The van der Waals surface area contributed by atoms with Crippen LogP contribution in [0.5, 0.6) is 5.75 Å². The Balaban J connectivity index is 0.00000405. The van der Waals surface area contributed by atoms with Gasteiger partial charge in [0.05, 0.1) is 0 Å². The van der Waals surface area contributed by atoms with Gasteiger partial charge in [-0.15, -0.1) is 0 Å². The number of carbonyl (C=O) groups is 1. The van der Waals surface area contributed by atoms with Gasteiger partial charge >= 0.3 is 75.0 Å². The molecular weight excluding hydrogens is 602 g/mol. The van der Waals surface area contributed by atoms with E-state index in [2.05, 4.69) is 16.3 Å². The Morgan fingerprint density at radius 1 is 0.929 bits per heavy atom. The van der Waals surface area contributed by atoms with Crippen LogP contribution in [0.15, 0.2) is 54.6 Å². The van der Waals surface area contributed by atoms with E-state index in [1.165, 1.54) is 6.92 Å². The van der Waals surface area contributed by atoms with Gasteiger partial charge in [-0.1, -0.05) is 63.4 Å². The maximum Gasteiger partial charge on any atom is 1.00 e. The number of halogens is 4. The summed E-state index contributed by atoms with van der Waals surface area (Å²) in [6.07, 6.45) is -0.469. The minimum atomic E-state index is -5.52. The van der Waals surface area contributed by atoms with E-state index in [0.717, 1.165) is 35.2 Å². The summed E-state index contributed by atoms with van der Waals surface area (Å²) < 4.78 is 86.8. The van der Waals surface area contributed by atoms with E-state index < -0.39 is 40.4 Å². The maximum absolute atomic E-state index is 13.9. The topological polar surface area (TPSA) is 76.2 Å². The molecule has 7 nitrogen and oxygen atoms in total. The molecule has 14 heteroatoms. The number of ether oxygens (including phenoxy) is 1. The molecule has 0 saturated carbocycles. The van der Waals surface area contributed by atoms with Gasteiger partial charge in [-0.2, -0.15) is 8.42 Å². The summed E-state index contributed by atoms with van der Waals surface area (Å²) in [5, 5.41) is 0. The number of benzene rings is 3. The van der Waals surface area contributed by atoms with E-state index >= 15 is 0 Å². The molecule has 0 spiro atoms. The number of hydrogen-bond donors (Lipinski definition) is 0. The van der Waals surface area contributed by atoms with Crippen molar-refractivity contribution in [2.24, 2.45) is 0 Å². The predicted molar refractivity (Wildman–Crippen MR) is 147 cm³/mol. The molecule has 0 aromatic heterocycles. The molecule has 1 aliphatic heterocycles. The monoisotopic (exact) mass is 630 g/mol. The first kappa shape index (κ1) is 33.0. The summed E-state index contributed by atoms with van der Waals surface area (Å²) in [6, 6.07) is 17.2. The van der Waals surface area contributed by atoms with Gasteiger partial charge in [0, 0.05) is 38.6 Å². The van der Waals surface area contributed by atoms with E-state index in [1.54, 1.807) is 4.90 Å². The fourth-order valence-electron chi connectivity index (χ4n) is 5.83. The molecule has 5 rings (SSSR count). The number of piperazine rings is 1. The van der Waals surface area contributed by atoms with Crippen molar-refractivity contribution in [2.75, 3.05) is 32.8 Å². The van der Waals surface area contributed by atoms with Gasteiger partial charge in [-0.05, 0) is 53.3 Å². The fraction of sp³-hybridized carbons (Fsp3) is 0.321. The summed E-state index contributed by atoms with van der Waals surface area (Å²) in [5.41, 5.74) is 3.05. The molecular formula is C28H28BF4KN2O5S. The van der Waals surface area contributed by atoms with Crippen molar-refractivity contribution in [1.82, 2.24) is 9.80 Å². The van der Waals surface area contributed by atoms with Gasteiger partial charge in [0.2, 0.25) is 0 Å². The SMILES string of the molecule is Cc1c(CN2CCN(C(=O)OCC3c4ccccc4-c4ccccc43)CC2)cc(OS(=O)(=O)F)c(C)c1[B-](F)(F)F.[K+]. The average molecular weight is 631 g/mol. The second-order valence-corrected chi connectivity index (χ2v) is 11.3. The molecule has 2 aliphatic rings. The average Bonchev–Trinajstić information content (AvgIpc) is 3.22. The minimum absolute atomic E-state index is 0. The smallest absolute Gasteiger partial charge is 0.448 e. The van der Waals surface area contributed by atoms with Crippen LogP contribution >= 0.6 is 0 Å². The zero-order chi connectivity index (χ0) is 29.5. The molecule has 218 valence electrons. The van der Waals surface area contributed by atoms with Crippen LogP contribution < -0.4 is 61.0 Å². The van der Waals surface area contributed by atoms with Gasteiger partial charge in [-0.3, -0.25) is 4.90 Å². The first-order valence-corrected chi connectivity index (χ1v) is 14.4. The van der Waals surface area contributed by atoms with Gasteiger partial charge < -0.3 is 26.8 Å². The molecule has 0 bridgehead atoms. The summed E-state index contributed by atoms with van der Waals surface area (Å²) in [6.45, 7) is -1.68. The molecule has 42 heavy (non-hydrogen) atoms. The Morgan fingerprint density at radius 2 is 1.48 bits per heavy atom. The molecule has 0 N–H and O–H groups in total. The second kappa shape index (κ2) is 13.0. The van der Waals surface area contributed by atoms with Crippen LogP contribution in [-0.4, -0.2) is 64.1 Å². The van der Waals surface area contributed by atoms with Crippen molar-refractivity contribution in [3.05, 3.63) is 82.4 Å². The van der Waals surface area contributed by atoms with Crippen molar-refractivity contribution in [3.63, 3.8) is 0 Å². The third-order valence-electron chi connectivity index (χ3n) is 7.84. The normalized spacial score (nSPS) is 15.5. The van der Waals surface area contributed by atoms with Crippen LogP contribution in [0.3, 0.4) is 0 Å². The van der Waals surface area contributed by atoms with Gasteiger partial charge in [0.25, 0.3) is 0 Å². The van der Waals surface area contributed by atoms with Gasteiger partial charge in [-0.25, -0.2) is 4.79 Å². The van der Waals surface area contributed by atoms with Gasteiger partial charge in [0.15, 0.2) is 0 Å². The van der Waals surface area contributed by atoms with Crippen LogP contribution in [0.1, 0.15) is 33.7 Å². The zero-order valence-corrected chi connectivity index (χ0v) is 27.4. The van der Waals surface area contributed by atoms with E-state index in [-0.39, 0.29) is 81.6 Å². The van der Waals surface area contributed by atoms with E-state index in [1.807, 2.05) is 41.3 Å². The molecule has 1 amide bonds. The molecule has 0 unspecified atom stereocenters. The quantitative estimate of drug-likeness (QED) is 0.226. The molecule has 1 fully saturated rings. The Labute approximate surface area is 285 Å². The van der Waals surface area contributed by atoms with E-state index in [0.29, 0.717) is 26.2 Å². The van der Waals surface area contributed by atoms with Crippen LogP contribution in [0, 0.1) is 13.8 Å². The number of hydrogen-bond acceptors (Lipinski definition) is 6. The Hall–Kier alpha value is -1.94. The van der Waals surface area contributed by atoms with Crippen molar-refractivity contribution in [2.45, 2.75) is 26.3 Å². The third kappa shape index (κ3) is 7.06. The Bertz CT molecular complexity index is 1550. The third-order valence-corrected chi connectivity index (χ3v) is 8.22. The number of fused-ring (bicyclic) bond motifs is 3. The van der Waals surface area contributed by atoms with Crippen LogP contribution in [-0.2, 0) is 21.8 Å². The van der Waals surface area contributed by atoms with Crippen LogP contribution in [0.4, 0.5) is 21.6 Å². The second-order valence-electron chi connectivity index (χ2n) is 10.3. The summed E-state index contributed by atoms with van der Waals surface area (Å²) in [7, 11) is -5.52. The summed E-state index contributed by atoms with van der Waals surface area (Å²) >= 11 is 0. The maximum atomic E-state index is 13.9. The number of carbonyl (C=O) groups excluding carboxylic acids is 1. The van der Waals surface area contributed by atoms with E-state index in [9.17, 15) is 30.0 Å². The number of amides is 1. The summed E-state index contributed by atoms with van der Waals surface area (Å²) in [5.74, 6) is -0.772. The van der Waals surface area contributed by atoms with E-state index in [4.69, 9.17) is 4.74 Å².